The van der Waals surface area contributed by atoms with Gasteiger partial charge in [-0.05, 0) is 26.2 Å². The molecule has 0 aromatic carbocycles. The maximum Gasteiger partial charge on any atom is 0.193 e. The van der Waals surface area contributed by atoms with Crippen molar-refractivity contribution in [2.45, 2.75) is 39.2 Å². The van der Waals surface area contributed by atoms with Crippen LogP contribution in [-0.4, -0.2) is 76.7 Å². The lowest BCUT2D eigenvalue weighted by molar-refractivity contribution is -0.0946. The third-order valence-corrected chi connectivity index (χ3v) is 4.43. The molecule has 2 aliphatic heterocycles. The molecule has 0 radical (unpaired) electrons. The highest BCUT2D eigenvalue weighted by Crippen LogP contribution is 2.26. The van der Waals surface area contributed by atoms with Crippen LogP contribution < -0.4 is 5.32 Å². The van der Waals surface area contributed by atoms with E-state index in [2.05, 4.69) is 24.1 Å². The predicted molar refractivity (Wildman–Crippen MR) is 91.9 cm³/mol. The SMILES string of the molecule is CCNC(=NCC1(C)COC1)N1CCC(OCCCOC)CC1. The molecule has 0 bridgehead atoms. The first kappa shape index (κ1) is 18.5. The van der Waals surface area contributed by atoms with E-state index in [1.807, 2.05) is 0 Å². The molecule has 0 aromatic heterocycles. The Morgan fingerprint density at radius 1 is 1.30 bits per heavy atom. The van der Waals surface area contributed by atoms with Gasteiger partial charge < -0.3 is 24.4 Å². The first-order valence-corrected chi connectivity index (χ1v) is 8.88. The van der Waals surface area contributed by atoms with Gasteiger partial charge in [-0.3, -0.25) is 4.99 Å². The summed E-state index contributed by atoms with van der Waals surface area (Å²) in [6, 6.07) is 0. The van der Waals surface area contributed by atoms with Crippen LogP contribution >= 0.6 is 0 Å². The Bertz CT molecular complexity index is 364. The molecule has 134 valence electrons. The minimum atomic E-state index is 0.226. The monoisotopic (exact) mass is 327 g/mol. The molecule has 0 aliphatic carbocycles. The smallest absolute Gasteiger partial charge is 0.193 e. The van der Waals surface area contributed by atoms with Gasteiger partial charge in [0.15, 0.2) is 5.96 Å². The second-order valence-corrected chi connectivity index (χ2v) is 6.88. The number of aliphatic imine (C=N–C) groups is 1. The zero-order chi connectivity index (χ0) is 16.5. The van der Waals surface area contributed by atoms with Crippen molar-refractivity contribution in [1.29, 1.82) is 0 Å². The molecule has 2 heterocycles. The summed E-state index contributed by atoms with van der Waals surface area (Å²) >= 11 is 0. The average molecular weight is 327 g/mol. The summed E-state index contributed by atoms with van der Waals surface area (Å²) in [6.07, 6.45) is 3.49. The number of nitrogens with one attached hydrogen (secondary N) is 1. The van der Waals surface area contributed by atoms with Crippen molar-refractivity contribution in [1.82, 2.24) is 10.2 Å². The molecule has 6 nitrogen and oxygen atoms in total. The summed E-state index contributed by atoms with van der Waals surface area (Å²) in [7, 11) is 1.73. The minimum absolute atomic E-state index is 0.226. The molecule has 6 heteroatoms. The lowest BCUT2D eigenvalue weighted by atomic mass is 9.89. The fourth-order valence-corrected chi connectivity index (χ4v) is 2.92. The minimum Gasteiger partial charge on any atom is -0.385 e. The fourth-order valence-electron chi connectivity index (χ4n) is 2.92. The van der Waals surface area contributed by atoms with Gasteiger partial charge in [-0.15, -0.1) is 0 Å². The van der Waals surface area contributed by atoms with Gasteiger partial charge in [0.2, 0.25) is 0 Å². The van der Waals surface area contributed by atoms with Gasteiger partial charge in [0.25, 0.3) is 0 Å². The molecule has 23 heavy (non-hydrogen) atoms. The largest absolute Gasteiger partial charge is 0.385 e. The Balaban J connectivity index is 1.74. The maximum absolute atomic E-state index is 5.93. The summed E-state index contributed by atoms with van der Waals surface area (Å²) in [4.78, 5) is 7.20. The van der Waals surface area contributed by atoms with Crippen LogP contribution in [0.2, 0.25) is 0 Å². The number of ether oxygens (including phenoxy) is 3. The second-order valence-electron chi connectivity index (χ2n) is 6.88. The topological polar surface area (TPSA) is 55.3 Å². The number of methoxy groups -OCH3 is 1. The summed E-state index contributed by atoms with van der Waals surface area (Å²) in [5.41, 5.74) is 0.226. The van der Waals surface area contributed by atoms with E-state index in [1.165, 1.54) is 0 Å². The van der Waals surface area contributed by atoms with Crippen LogP contribution in [0.4, 0.5) is 0 Å². The van der Waals surface area contributed by atoms with Gasteiger partial charge in [-0.25, -0.2) is 0 Å². The van der Waals surface area contributed by atoms with Gasteiger partial charge >= 0.3 is 0 Å². The van der Waals surface area contributed by atoms with Crippen molar-refractivity contribution in [3.05, 3.63) is 0 Å². The maximum atomic E-state index is 5.93. The van der Waals surface area contributed by atoms with Crippen molar-refractivity contribution in [2.24, 2.45) is 10.4 Å². The normalized spacial score (nSPS) is 22.0. The van der Waals surface area contributed by atoms with Crippen LogP contribution in [0, 0.1) is 5.41 Å². The molecule has 2 fully saturated rings. The van der Waals surface area contributed by atoms with Gasteiger partial charge in [0, 0.05) is 45.4 Å². The lowest BCUT2D eigenvalue weighted by Crippen LogP contribution is -2.48. The standard InChI is InChI=1S/C17H33N3O3/c1-4-18-16(19-12-17(2)13-22-14-17)20-8-6-15(7-9-20)23-11-5-10-21-3/h15H,4-14H2,1-3H3,(H,18,19). The van der Waals surface area contributed by atoms with Gasteiger partial charge in [0.1, 0.15) is 0 Å². The first-order chi connectivity index (χ1) is 11.2. The summed E-state index contributed by atoms with van der Waals surface area (Å²) in [5.74, 6) is 1.04. The van der Waals surface area contributed by atoms with Gasteiger partial charge in [0.05, 0.1) is 25.9 Å². The molecular formula is C17H33N3O3. The third kappa shape index (κ3) is 5.94. The first-order valence-electron chi connectivity index (χ1n) is 8.88. The Labute approximate surface area is 140 Å². The zero-order valence-electron chi connectivity index (χ0n) is 15.0. The average Bonchev–Trinajstić information content (AvgIpc) is 2.54. The number of likely N-dealkylation sites (tertiary alicyclic amines) is 1. The van der Waals surface area contributed by atoms with Crippen molar-refractivity contribution in [3.63, 3.8) is 0 Å². The third-order valence-electron chi connectivity index (χ3n) is 4.43. The summed E-state index contributed by atoms with van der Waals surface area (Å²) in [5, 5.41) is 3.43. The van der Waals surface area contributed by atoms with E-state index < -0.39 is 0 Å². The van der Waals surface area contributed by atoms with Crippen molar-refractivity contribution in [2.75, 3.05) is 59.7 Å². The Kier molecular flexibility index (Phi) is 7.59. The quantitative estimate of drug-likeness (QED) is 0.416. The fraction of sp³-hybridized carbons (Fsp3) is 0.941. The number of hydrogen-bond acceptors (Lipinski definition) is 4. The van der Waals surface area contributed by atoms with E-state index in [0.29, 0.717) is 6.10 Å². The van der Waals surface area contributed by atoms with Crippen molar-refractivity contribution < 1.29 is 14.2 Å². The summed E-state index contributed by atoms with van der Waals surface area (Å²) in [6.45, 7) is 11.3. The molecule has 0 saturated carbocycles. The molecule has 2 saturated heterocycles. The lowest BCUT2D eigenvalue weighted by Gasteiger charge is -2.38. The van der Waals surface area contributed by atoms with E-state index in [1.54, 1.807) is 7.11 Å². The summed E-state index contributed by atoms with van der Waals surface area (Å²) < 4.78 is 16.3. The number of nitrogens with zero attached hydrogens (tertiary/aromatic N) is 2. The van der Waals surface area contributed by atoms with Crippen LogP contribution in [-0.2, 0) is 14.2 Å². The van der Waals surface area contributed by atoms with Crippen LogP contribution in [0.25, 0.3) is 0 Å². The highest BCUT2D eigenvalue weighted by molar-refractivity contribution is 5.80. The van der Waals surface area contributed by atoms with E-state index in [4.69, 9.17) is 19.2 Å². The number of hydrogen-bond donors (Lipinski definition) is 1. The molecule has 2 rings (SSSR count). The number of guanidine groups is 1. The van der Waals surface area contributed by atoms with Gasteiger partial charge in [-0.1, -0.05) is 6.92 Å². The van der Waals surface area contributed by atoms with Crippen molar-refractivity contribution >= 4 is 5.96 Å². The van der Waals surface area contributed by atoms with E-state index in [9.17, 15) is 0 Å². The van der Waals surface area contributed by atoms with E-state index in [-0.39, 0.29) is 5.41 Å². The second kappa shape index (κ2) is 9.45. The molecular weight excluding hydrogens is 294 g/mol. The highest BCUT2D eigenvalue weighted by atomic mass is 16.5. The highest BCUT2D eigenvalue weighted by Gasteiger charge is 2.33. The molecule has 0 aromatic rings. The van der Waals surface area contributed by atoms with Crippen LogP contribution in [0.15, 0.2) is 4.99 Å². The Hall–Kier alpha value is -0.850. The van der Waals surface area contributed by atoms with Crippen LogP contribution in [0.3, 0.4) is 0 Å². The van der Waals surface area contributed by atoms with Gasteiger partial charge in [-0.2, -0.15) is 0 Å². The molecule has 1 N–H and O–H groups in total. The van der Waals surface area contributed by atoms with E-state index in [0.717, 1.165) is 77.8 Å². The predicted octanol–water partition coefficient (Wildman–Crippen LogP) is 1.51. The Morgan fingerprint density at radius 2 is 2.04 bits per heavy atom. The number of rotatable bonds is 8. The Morgan fingerprint density at radius 3 is 2.61 bits per heavy atom. The molecule has 0 amide bonds. The molecule has 0 spiro atoms. The van der Waals surface area contributed by atoms with Crippen LogP contribution in [0.1, 0.15) is 33.1 Å². The molecule has 0 unspecified atom stereocenters. The van der Waals surface area contributed by atoms with Crippen LogP contribution in [0.5, 0.6) is 0 Å². The van der Waals surface area contributed by atoms with Crippen molar-refractivity contribution in [3.8, 4) is 0 Å². The van der Waals surface area contributed by atoms with E-state index >= 15 is 0 Å². The molecule has 0 atom stereocenters. The zero-order valence-corrected chi connectivity index (χ0v) is 15.0. The number of piperidine rings is 1. The molecule has 2 aliphatic rings.